The zero-order valence-electron chi connectivity index (χ0n) is 15.1. The van der Waals surface area contributed by atoms with Crippen LogP contribution in [0, 0.1) is 0 Å². The highest BCUT2D eigenvalue weighted by Crippen LogP contribution is 2.33. The minimum absolute atomic E-state index is 0.245. The van der Waals surface area contributed by atoms with Crippen LogP contribution in [0.2, 0.25) is 5.02 Å². The molecule has 0 bridgehead atoms. The topological polar surface area (TPSA) is 49.9 Å². The second-order valence-corrected chi connectivity index (χ2v) is 8.01. The molecule has 2 aromatic carbocycles. The molecule has 2 saturated heterocycles. The molecule has 2 aliphatic rings. The number of morpholine rings is 1. The third-order valence-electron chi connectivity index (χ3n) is 4.69. The summed E-state index contributed by atoms with van der Waals surface area (Å²) in [4.78, 5) is 29.0. The van der Waals surface area contributed by atoms with E-state index in [4.69, 9.17) is 16.3 Å². The molecule has 0 atom stereocenters. The molecule has 2 fully saturated rings. The quantitative estimate of drug-likeness (QED) is 0.693. The van der Waals surface area contributed by atoms with Crippen molar-refractivity contribution in [2.24, 2.45) is 0 Å². The van der Waals surface area contributed by atoms with Crippen molar-refractivity contribution in [1.82, 2.24) is 4.90 Å². The maximum absolute atomic E-state index is 12.7. The first-order valence-electron chi connectivity index (χ1n) is 9.03. The lowest BCUT2D eigenvalue weighted by molar-refractivity contribution is -0.123. The van der Waals surface area contributed by atoms with E-state index < -0.39 is 0 Å². The van der Waals surface area contributed by atoms with Gasteiger partial charge in [-0.15, -0.1) is 0 Å². The number of carbonyl (C=O) groups excluding carboxylic acids is 2. The number of ether oxygens (including phenoxy) is 1. The summed E-state index contributed by atoms with van der Waals surface area (Å²) in [5.41, 5.74) is 2.90. The average molecular weight is 415 g/mol. The van der Waals surface area contributed by atoms with Gasteiger partial charge in [-0.1, -0.05) is 35.9 Å². The SMILES string of the molecule is O=C1S/C(=C\c2ccc(N3CCOCC3)cc2)C(=O)N1Cc1ccc(Cl)cc1. The Morgan fingerprint density at radius 2 is 1.68 bits per heavy atom. The molecule has 0 spiro atoms. The van der Waals surface area contributed by atoms with Crippen molar-refractivity contribution in [2.75, 3.05) is 31.2 Å². The number of halogens is 1. The van der Waals surface area contributed by atoms with Crippen LogP contribution in [-0.2, 0) is 16.1 Å². The summed E-state index contributed by atoms with van der Waals surface area (Å²) < 4.78 is 5.38. The Morgan fingerprint density at radius 1 is 1.00 bits per heavy atom. The van der Waals surface area contributed by atoms with Crippen molar-refractivity contribution >= 4 is 46.3 Å². The number of benzene rings is 2. The van der Waals surface area contributed by atoms with E-state index >= 15 is 0 Å². The van der Waals surface area contributed by atoms with Gasteiger partial charge in [0.05, 0.1) is 24.7 Å². The molecule has 4 rings (SSSR count). The molecule has 0 aliphatic carbocycles. The highest BCUT2D eigenvalue weighted by Gasteiger charge is 2.34. The molecule has 144 valence electrons. The highest BCUT2D eigenvalue weighted by molar-refractivity contribution is 8.18. The molecule has 0 radical (unpaired) electrons. The summed E-state index contributed by atoms with van der Waals surface area (Å²) in [6, 6.07) is 15.2. The van der Waals surface area contributed by atoms with Gasteiger partial charge in [-0.3, -0.25) is 14.5 Å². The molecule has 28 heavy (non-hydrogen) atoms. The summed E-state index contributed by atoms with van der Waals surface area (Å²) >= 11 is 6.87. The van der Waals surface area contributed by atoms with Crippen LogP contribution in [0.4, 0.5) is 10.5 Å². The Morgan fingerprint density at radius 3 is 2.36 bits per heavy atom. The van der Waals surface area contributed by atoms with Crippen LogP contribution in [0.15, 0.2) is 53.4 Å². The van der Waals surface area contributed by atoms with Gasteiger partial charge < -0.3 is 9.64 Å². The fourth-order valence-electron chi connectivity index (χ4n) is 3.16. The molecule has 0 N–H and O–H groups in total. The molecule has 5 nitrogen and oxygen atoms in total. The molecule has 2 aromatic rings. The average Bonchev–Trinajstić information content (AvgIpc) is 2.98. The van der Waals surface area contributed by atoms with Gasteiger partial charge in [0.25, 0.3) is 11.1 Å². The first-order chi connectivity index (χ1) is 13.6. The maximum Gasteiger partial charge on any atom is 0.293 e. The van der Waals surface area contributed by atoms with Crippen LogP contribution in [0.3, 0.4) is 0 Å². The molecule has 0 aromatic heterocycles. The summed E-state index contributed by atoms with van der Waals surface area (Å²) in [6.45, 7) is 3.48. The third-order valence-corrected chi connectivity index (χ3v) is 5.85. The first kappa shape index (κ1) is 19.1. The molecule has 7 heteroatoms. The fourth-order valence-corrected chi connectivity index (χ4v) is 4.13. The Kier molecular flexibility index (Phi) is 5.71. The van der Waals surface area contributed by atoms with E-state index in [0.717, 1.165) is 54.9 Å². The molecule has 0 unspecified atom stereocenters. The van der Waals surface area contributed by atoms with Crippen LogP contribution < -0.4 is 4.90 Å². The number of rotatable bonds is 4. The predicted octanol–water partition coefficient (Wildman–Crippen LogP) is 4.41. The van der Waals surface area contributed by atoms with Gasteiger partial charge in [-0.25, -0.2) is 0 Å². The summed E-state index contributed by atoms with van der Waals surface area (Å²) in [6.07, 6.45) is 1.77. The Balaban J connectivity index is 1.46. The van der Waals surface area contributed by atoms with Gasteiger partial charge in [0.15, 0.2) is 0 Å². The Bertz CT molecular complexity index is 906. The van der Waals surface area contributed by atoms with Gasteiger partial charge in [-0.05, 0) is 53.2 Å². The normalized spacial score (nSPS) is 19.0. The molecule has 2 amide bonds. The number of hydrogen-bond donors (Lipinski definition) is 0. The van der Waals surface area contributed by atoms with E-state index in [9.17, 15) is 9.59 Å². The van der Waals surface area contributed by atoms with E-state index in [1.165, 1.54) is 4.90 Å². The van der Waals surface area contributed by atoms with Crippen molar-refractivity contribution in [3.8, 4) is 0 Å². The Labute approximate surface area is 172 Å². The van der Waals surface area contributed by atoms with Crippen molar-refractivity contribution in [3.63, 3.8) is 0 Å². The highest BCUT2D eigenvalue weighted by atomic mass is 35.5. The number of carbonyl (C=O) groups is 2. The largest absolute Gasteiger partial charge is 0.378 e. The van der Waals surface area contributed by atoms with E-state index in [1.807, 2.05) is 36.4 Å². The number of thioether (sulfide) groups is 1. The van der Waals surface area contributed by atoms with Gasteiger partial charge in [0.1, 0.15) is 0 Å². The number of hydrogen-bond acceptors (Lipinski definition) is 5. The second kappa shape index (κ2) is 8.39. The Hall–Kier alpha value is -2.28. The van der Waals surface area contributed by atoms with Crippen molar-refractivity contribution in [2.45, 2.75) is 6.54 Å². The zero-order valence-corrected chi connectivity index (χ0v) is 16.7. The van der Waals surface area contributed by atoms with Crippen LogP contribution in [-0.4, -0.2) is 42.3 Å². The number of amides is 2. The van der Waals surface area contributed by atoms with Crippen molar-refractivity contribution in [1.29, 1.82) is 0 Å². The van der Waals surface area contributed by atoms with Crippen LogP contribution >= 0.6 is 23.4 Å². The van der Waals surface area contributed by atoms with E-state index in [2.05, 4.69) is 4.90 Å². The molecular formula is C21H19ClN2O3S. The van der Waals surface area contributed by atoms with Gasteiger partial charge in [-0.2, -0.15) is 0 Å². The minimum atomic E-state index is -0.262. The van der Waals surface area contributed by atoms with E-state index in [1.54, 1.807) is 18.2 Å². The standard InChI is InChI=1S/C21H19ClN2O3S/c22-17-5-1-16(2-6-17)14-24-20(25)19(28-21(24)26)13-15-3-7-18(8-4-15)23-9-11-27-12-10-23/h1-8,13H,9-12,14H2/b19-13-. The van der Waals surface area contributed by atoms with Crippen LogP contribution in [0.1, 0.15) is 11.1 Å². The number of anilines is 1. The minimum Gasteiger partial charge on any atom is -0.378 e. The van der Waals surface area contributed by atoms with E-state index in [-0.39, 0.29) is 17.7 Å². The maximum atomic E-state index is 12.7. The lowest BCUT2D eigenvalue weighted by Crippen LogP contribution is -2.36. The predicted molar refractivity (Wildman–Crippen MR) is 112 cm³/mol. The third kappa shape index (κ3) is 4.24. The first-order valence-corrected chi connectivity index (χ1v) is 10.2. The lowest BCUT2D eigenvalue weighted by atomic mass is 10.1. The second-order valence-electron chi connectivity index (χ2n) is 6.59. The van der Waals surface area contributed by atoms with Gasteiger partial charge in [0.2, 0.25) is 0 Å². The van der Waals surface area contributed by atoms with Gasteiger partial charge >= 0.3 is 0 Å². The summed E-state index contributed by atoms with van der Waals surface area (Å²) in [5, 5.41) is 0.370. The zero-order chi connectivity index (χ0) is 19.5. The molecule has 2 heterocycles. The molecule has 0 saturated carbocycles. The van der Waals surface area contributed by atoms with E-state index in [0.29, 0.717) is 9.93 Å². The van der Waals surface area contributed by atoms with Crippen molar-refractivity contribution < 1.29 is 14.3 Å². The number of imide groups is 1. The number of nitrogens with zero attached hydrogens (tertiary/aromatic N) is 2. The van der Waals surface area contributed by atoms with Crippen LogP contribution in [0.5, 0.6) is 0 Å². The van der Waals surface area contributed by atoms with Crippen molar-refractivity contribution in [3.05, 3.63) is 69.6 Å². The van der Waals surface area contributed by atoms with Gasteiger partial charge in [0, 0.05) is 23.8 Å². The summed E-state index contributed by atoms with van der Waals surface area (Å²) in [5.74, 6) is -0.262. The monoisotopic (exact) mass is 414 g/mol. The lowest BCUT2D eigenvalue weighted by Gasteiger charge is -2.28. The molecular weight excluding hydrogens is 396 g/mol. The smallest absolute Gasteiger partial charge is 0.293 e. The molecule has 2 aliphatic heterocycles. The fraction of sp³-hybridized carbons (Fsp3) is 0.238. The van der Waals surface area contributed by atoms with Crippen LogP contribution in [0.25, 0.3) is 6.08 Å². The summed E-state index contributed by atoms with van der Waals surface area (Å²) in [7, 11) is 0.